The maximum absolute atomic E-state index is 10.9. The van der Waals surface area contributed by atoms with Gasteiger partial charge in [0.25, 0.3) is 0 Å². The first-order chi connectivity index (χ1) is 15.3. The van der Waals surface area contributed by atoms with E-state index in [1.807, 2.05) is 84.9 Å². The molecule has 0 amide bonds. The molecule has 0 radical (unpaired) electrons. The van der Waals surface area contributed by atoms with E-state index < -0.39 is 12.2 Å². The Bertz CT molecular complexity index is 1180. The van der Waals surface area contributed by atoms with Crippen LogP contribution in [-0.4, -0.2) is 22.8 Å². The number of ether oxygens (including phenoxy) is 3. The second-order valence-corrected chi connectivity index (χ2v) is 7.57. The molecule has 2 heterocycles. The standard InChI is InChI=1S/C26H23NO4/c28-26-22-14-21(29-16-20-11-10-19-8-4-5-9-23(19)27-20)12-13-24(22)31-17-25(26)30-15-18-6-2-1-3-7-18/h1-14,25-26,28H,15-17H2. The van der Waals surface area contributed by atoms with E-state index in [-0.39, 0.29) is 0 Å². The predicted octanol–water partition coefficient (Wildman–Crippen LogP) is 4.83. The molecule has 0 fully saturated rings. The van der Waals surface area contributed by atoms with E-state index in [2.05, 4.69) is 4.98 Å². The Morgan fingerprint density at radius 3 is 2.65 bits per heavy atom. The molecule has 3 aromatic carbocycles. The van der Waals surface area contributed by atoms with Gasteiger partial charge in [0.15, 0.2) is 0 Å². The van der Waals surface area contributed by atoms with Gasteiger partial charge in [0.1, 0.15) is 36.9 Å². The number of aliphatic hydroxyl groups is 1. The number of aromatic nitrogens is 1. The lowest BCUT2D eigenvalue weighted by Gasteiger charge is -2.30. The predicted molar refractivity (Wildman–Crippen MR) is 118 cm³/mol. The Morgan fingerprint density at radius 1 is 0.903 bits per heavy atom. The lowest BCUT2D eigenvalue weighted by molar-refractivity contribution is -0.0794. The minimum atomic E-state index is -0.783. The highest BCUT2D eigenvalue weighted by Gasteiger charge is 2.30. The molecule has 0 saturated heterocycles. The second kappa shape index (κ2) is 8.76. The van der Waals surface area contributed by atoms with Gasteiger partial charge < -0.3 is 19.3 Å². The molecule has 5 nitrogen and oxygen atoms in total. The zero-order valence-corrected chi connectivity index (χ0v) is 17.0. The molecule has 1 N–H and O–H groups in total. The summed E-state index contributed by atoms with van der Waals surface area (Å²) in [6, 6.07) is 27.4. The largest absolute Gasteiger partial charge is 0.490 e. The maximum atomic E-state index is 10.9. The number of nitrogens with zero attached hydrogens (tertiary/aromatic N) is 1. The van der Waals surface area contributed by atoms with Crippen LogP contribution in [0.2, 0.25) is 0 Å². The van der Waals surface area contributed by atoms with E-state index in [0.29, 0.717) is 36.9 Å². The Balaban J connectivity index is 1.26. The molecule has 2 atom stereocenters. The van der Waals surface area contributed by atoms with Crippen molar-refractivity contribution >= 4 is 10.9 Å². The van der Waals surface area contributed by atoms with Crippen molar-refractivity contribution in [2.45, 2.75) is 25.4 Å². The highest BCUT2D eigenvalue weighted by atomic mass is 16.5. The van der Waals surface area contributed by atoms with Gasteiger partial charge in [-0.1, -0.05) is 54.6 Å². The average Bonchev–Trinajstić information content (AvgIpc) is 2.83. The zero-order chi connectivity index (χ0) is 21.0. The van der Waals surface area contributed by atoms with Crippen LogP contribution in [0.15, 0.2) is 84.9 Å². The fourth-order valence-electron chi connectivity index (χ4n) is 3.70. The molecule has 31 heavy (non-hydrogen) atoms. The first kappa shape index (κ1) is 19.5. The quantitative estimate of drug-likeness (QED) is 0.491. The van der Waals surface area contributed by atoms with Crippen molar-refractivity contribution in [1.29, 1.82) is 0 Å². The third-order valence-corrected chi connectivity index (χ3v) is 5.40. The van der Waals surface area contributed by atoms with Crippen molar-refractivity contribution in [3.05, 3.63) is 102 Å². The maximum Gasteiger partial charge on any atom is 0.130 e. The molecule has 1 aliphatic rings. The molecule has 0 aliphatic carbocycles. The number of hydrogen-bond acceptors (Lipinski definition) is 5. The summed E-state index contributed by atoms with van der Waals surface area (Å²) >= 11 is 0. The molecule has 5 heteroatoms. The van der Waals surface area contributed by atoms with Crippen LogP contribution >= 0.6 is 0 Å². The topological polar surface area (TPSA) is 60.8 Å². The van der Waals surface area contributed by atoms with Gasteiger partial charge in [0, 0.05) is 10.9 Å². The van der Waals surface area contributed by atoms with E-state index in [4.69, 9.17) is 14.2 Å². The van der Waals surface area contributed by atoms with Gasteiger partial charge in [-0.15, -0.1) is 0 Å². The van der Waals surface area contributed by atoms with Crippen molar-refractivity contribution in [3.63, 3.8) is 0 Å². The lowest BCUT2D eigenvalue weighted by Crippen LogP contribution is -2.33. The molecule has 1 aliphatic heterocycles. The summed E-state index contributed by atoms with van der Waals surface area (Å²) in [7, 11) is 0. The first-order valence-electron chi connectivity index (χ1n) is 10.3. The number of benzene rings is 3. The molecule has 0 bridgehead atoms. The number of para-hydroxylation sites is 1. The molecule has 5 rings (SSSR count). The molecule has 0 spiro atoms. The molecular formula is C26H23NO4. The molecular weight excluding hydrogens is 390 g/mol. The minimum Gasteiger partial charge on any atom is -0.490 e. The Kier molecular flexibility index (Phi) is 5.52. The fourth-order valence-corrected chi connectivity index (χ4v) is 3.70. The van der Waals surface area contributed by atoms with Crippen molar-refractivity contribution in [2.75, 3.05) is 6.61 Å². The third kappa shape index (κ3) is 4.38. The molecule has 0 saturated carbocycles. The Morgan fingerprint density at radius 2 is 1.74 bits per heavy atom. The van der Waals surface area contributed by atoms with Crippen molar-refractivity contribution in [1.82, 2.24) is 4.98 Å². The number of rotatable bonds is 6. The smallest absolute Gasteiger partial charge is 0.130 e. The van der Waals surface area contributed by atoms with Gasteiger partial charge in [0.05, 0.1) is 17.8 Å². The monoisotopic (exact) mass is 413 g/mol. The van der Waals surface area contributed by atoms with Gasteiger partial charge in [-0.2, -0.15) is 0 Å². The molecule has 156 valence electrons. The summed E-state index contributed by atoms with van der Waals surface area (Å²) in [5, 5.41) is 12.0. The normalized spacial score (nSPS) is 17.7. The van der Waals surface area contributed by atoms with E-state index in [0.717, 1.165) is 22.2 Å². The van der Waals surface area contributed by atoms with E-state index >= 15 is 0 Å². The molecule has 4 aromatic rings. The van der Waals surface area contributed by atoms with Crippen LogP contribution in [0.25, 0.3) is 10.9 Å². The van der Waals surface area contributed by atoms with Crippen molar-refractivity contribution < 1.29 is 19.3 Å². The minimum absolute atomic E-state index is 0.308. The van der Waals surface area contributed by atoms with E-state index in [1.165, 1.54) is 0 Å². The SMILES string of the molecule is OC1c2cc(OCc3ccc4ccccc4n3)ccc2OCC1OCc1ccccc1. The Hall–Kier alpha value is -3.41. The average molecular weight is 413 g/mol. The van der Waals surface area contributed by atoms with E-state index in [9.17, 15) is 5.11 Å². The zero-order valence-electron chi connectivity index (χ0n) is 17.0. The number of aliphatic hydroxyl groups excluding tert-OH is 1. The second-order valence-electron chi connectivity index (χ2n) is 7.57. The third-order valence-electron chi connectivity index (χ3n) is 5.40. The van der Waals surface area contributed by atoms with Gasteiger partial charge >= 0.3 is 0 Å². The van der Waals surface area contributed by atoms with Crippen LogP contribution in [0, 0.1) is 0 Å². The highest BCUT2D eigenvalue weighted by molar-refractivity contribution is 5.78. The summed E-state index contributed by atoms with van der Waals surface area (Å²) in [5.74, 6) is 1.31. The molecule has 2 unspecified atom stereocenters. The van der Waals surface area contributed by atoms with Gasteiger partial charge in [0.2, 0.25) is 0 Å². The summed E-state index contributed by atoms with van der Waals surface area (Å²) in [6.45, 7) is 1.07. The highest BCUT2D eigenvalue weighted by Crippen LogP contribution is 2.36. The Labute approximate surface area is 180 Å². The van der Waals surface area contributed by atoms with Gasteiger partial charge in [-0.3, -0.25) is 0 Å². The number of fused-ring (bicyclic) bond motifs is 2. The first-order valence-corrected chi connectivity index (χ1v) is 10.3. The van der Waals surface area contributed by atoms with Gasteiger partial charge in [-0.05, 0) is 35.9 Å². The summed E-state index contributed by atoms with van der Waals surface area (Å²) in [6.07, 6.45) is -1.22. The number of hydrogen-bond donors (Lipinski definition) is 1. The van der Waals surface area contributed by atoms with Crippen LogP contribution in [0.4, 0.5) is 0 Å². The van der Waals surface area contributed by atoms with Crippen LogP contribution in [0.3, 0.4) is 0 Å². The van der Waals surface area contributed by atoms with Crippen LogP contribution in [-0.2, 0) is 18.0 Å². The van der Waals surface area contributed by atoms with Crippen LogP contribution in [0.1, 0.15) is 22.9 Å². The summed E-state index contributed by atoms with van der Waals surface area (Å²) < 4.78 is 17.7. The van der Waals surface area contributed by atoms with E-state index in [1.54, 1.807) is 0 Å². The lowest BCUT2D eigenvalue weighted by atomic mass is 10.0. The fraction of sp³-hybridized carbons (Fsp3) is 0.192. The number of pyridine rings is 1. The van der Waals surface area contributed by atoms with Crippen molar-refractivity contribution in [3.8, 4) is 11.5 Å². The van der Waals surface area contributed by atoms with Gasteiger partial charge in [-0.25, -0.2) is 4.98 Å². The molecule has 1 aromatic heterocycles. The van der Waals surface area contributed by atoms with Crippen molar-refractivity contribution in [2.24, 2.45) is 0 Å². The summed E-state index contributed by atoms with van der Waals surface area (Å²) in [5.41, 5.74) is 3.52. The van der Waals surface area contributed by atoms with Crippen LogP contribution in [0.5, 0.6) is 11.5 Å². The summed E-state index contributed by atoms with van der Waals surface area (Å²) in [4.78, 5) is 4.64. The van der Waals surface area contributed by atoms with Crippen LogP contribution < -0.4 is 9.47 Å².